The Balaban J connectivity index is 2.36. The van der Waals surface area contributed by atoms with Crippen molar-refractivity contribution in [2.24, 2.45) is 5.92 Å². The summed E-state index contributed by atoms with van der Waals surface area (Å²) in [6.45, 7) is 2.38. The van der Waals surface area contributed by atoms with Gasteiger partial charge >= 0.3 is 12.0 Å². The Morgan fingerprint density at radius 3 is 2.71 bits per heavy atom. The van der Waals surface area contributed by atoms with Crippen LogP contribution in [0.2, 0.25) is 0 Å². The highest BCUT2D eigenvalue weighted by Crippen LogP contribution is 2.16. The molecule has 0 spiro atoms. The molecule has 1 aliphatic rings. The molecule has 0 aromatic carbocycles. The lowest BCUT2D eigenvalue weighted by molar-refractivity contribution is -0.146. The van der Waals surface area contributed by atoms with Crippen molar-refractivity contribution < 1.29 is 24.9 Å². The van der Waals surface area contributed by atoms with Gasteiger partial charge in [0.15, 0.2) is 6.10 Å². The number of carbonyl (C=O) groups is 2. The van der Waals surface area contributed by atoms with Crippen molar-refractivity contribution in [1.82, 2.24) is 10.2 Å². The zero-order chi connectivity index (χ0) is 13.0. The Morgan fingerprint density at radius 1 is 1.53 bits per heavy atom. The molecule has 1 fully saturated rings. The molecule has 1 heterocycles. The molecule has 3 unspecified atom stereocenters. The molecule has 1 rings (SSSR count). The highest BCUT2D eigenvalue weighted by Gasteiger charge is 2.27. The van der Waals surface area contributed by atoms with E-state index in [1.807, 2.05) is 6.92 Å². The second kappa shape index (κ2) is 5.83. The van der Waals surface area contributed by atoms with Crippen LogP contribution in [-0.2, 0) is 4.79 Å². The summed E-state index contributed by atoms with van der Waals surface area (Å²) >= 11 is 0. The molecule has 1 aliphatic heterocycles. The molecule has 1 saturated heterocycles. The molecule has 17 heavy (non-hydrogen) atoms. The van der Waals surface area contributed by atoms with Gasteiger partial charge in [-0.15, -0.1) is 0 Å². The van der Waals surface area contributed by atoms with Crippen molar-refractivity contribution in [2.75, 3.05) is 19.6 Å². The number of aliphatic hydroxyl groups excluding tert-OH is 2. The summed E-state index contributed by atoms with van der Waals surface area (Å²) in [4.78, 5) is 23.4. The largest absolute Gasteiger partial charge is 0.479 e. The van der Waals surface area contributed by atoms with E-state index in [1.165, 1.54) is 4.90 Å². The van der Waals surface area contributed by atoms with E-state index in [1.54, 1.807) is 0 Å². The molecule has 2 amide bonds. The molecular formula is C10H18N2O5. The van der Waals surface area contributed by atoms with Crippen LogP contribution in [0.5, 0.6) is 0 Å². The fourth-order valence-electron chi connectivity index (χ4n) is 1.70. The van der Waals surface area contributed by atoms with E-state index in [0.29, 0.717) is 19.5 Å². The summed E-state index contributed by atoms with van der Waals surface area (Å²) in [5, 5.41) is 29.3. The summed E-state index contributed by atoms with van der Waals surface area (Å²) < 4.78 is 0. The second-order valence-electron chi connectivity index (χ2n) is 4.32. The summed E-state index contributed by atoms with van der Waals surface area (Å²) in [5.74, 6) is -1.37. The van der Waals surface area contributed by atoms with E-state index in [9.17, 15) is 14.7 Å². The van der Waals surface area contributed by atoms with Crippen molar-refractivity contribution in [3.63, 3.8) is 0 Å². The van der Waals surface area contributed by atoms with Gasteiger partial charge in [0.2, 0.25) is 0 Å². The first-order valence-corrected chi connectivity index (χ1v) is 5.53. The van der Waals surface area contributed by atoms with Crippen molar-refractivity contribution >= 4 is 12.0 Å². The van der Waals surface area contributed by atoms with Crippen LogP contribution in [0, 0.1) is 5.92 Å². The van der Waals surface area contributed by atoms with E-state index in [-0.39, 0.29) is 12.5 Å². The number of aliphatic hydroxyl groups is 2. The Morgan fingerprint density at radius 2 is 2.18 bits per heavy atom. The Kier molecular flexibility index (Phi) is 4.71. The van der Waals surface area contributed by atoms with Crippen LogP contribution >= 0.6 is 0 Å². The SMILES string of the molecule is CC1CN(C(=O)NCC(O)C(=O)O)CCC1O. The number of aliphatic carboxylic acids is 1. The monoisotopic (exact) mass is 246 g/mol. The minimum atomic E-state index is -1.59. The van der Waals surface area contributed by atoms with Crippen molar-refractivity contribution in [3.05, 3.63) is 0 Å². The predicted octanol–water partition coefficient (Wildman–Crippen LogP) is -1.16. The molecule has 0 aromatic rings. The van der Waals surface area contributed by atoms with Gasteiger partial charge < -0.3 is 25.5 Å². The fraction of sp³-hybridized carbons (Fsp3) is 0.800. The molecule has 0 saturated carbocycles. The van der Waals surface area contributed by atoms with Crippen molar-refractivity contribution in [1.29, 1.82) is 0 Å². The number of amides is 2. The number of hydrogen-bond acceptors (Lipinski definition) is 4. The number of likely N-dealkylation sites (tertiary alicyclic amines) is 1. The number of rotatable bonds is 3. The number of nitrogens with one attached hydrogen (secondary N) is 1. The molecule has 4 N–H and O–H groups in total. The Labute approximate surface area is 99.0 Å². The van der Waals surface area contributed by atoms with Crippen molar-refractivity contribution in [2.45, 2.75) is 25.6 Å². The zero-order valence-corrected chi connectivity index (χ0v) is 9.67. The van der Waals surface area contributed by atoms with Gasteiger partial charge in [0.25, 0.3) is 0 Å². The van der Waals surface area contributed by atoms with Crippen LogP contribution in [0.25, 0.3) is 0 Å². The third kappa shape index (κ3) is 3.86. The van der Waals surface area contributed by atoms with Crippen LogP contribution in [0.4, 0.5) is 4.79 Å². The van der Waals surface area contributed by atoms with Gasteiger partial charge in [-0.2, -0.15) is 0 Å². The maximum atomic E-state index is 11.6. The minimum absolute atomic E-state index is 0.00102. The van der Waals surface area contributed by atoms with Gasteiger partial charge in [0.1, 0.15) is 0 Å². The molecule has 3 atom stereocenters. The number of piperidine rings is 1. The van der Waals surface area contributed by atoms with Crippen LogP contribution in [-0.4, -0.2) is 64.1 Å². The minimum Gasteiger partial charge on any atom is -0.479 e. The van der Waals surface area contributed by atoms with Gasteiger partial charge in [0, 0.05) is 13.1 Å². The molecule has 7 heteroatoms. The van der Waals surface area contributed by atoms with Crippen molar-refractivity contribution in [3.8, 4) is 0 Å². The third-order valence-corrected chi connectivity index (χ3v) is 2.88. The van der Waals surface area contributed by atoms with E-state index in [4.69, 9.17) is 10.2 Å². The number of carboxylic acids is 1. The van der Waals surface area contributed by atoms with Gasteiger partial charge in [0.05, 0.1) is 12.6 Å². The molecule has 0 bridgehead atoms. The average Bonchev–Trinajstić information content (AvgIpc) is 2.28. The van der Waals surface area contributed by atoms with Crippen LogP contribution in [0.15, 0.2) is 0 Å². The number of hydrogen-bond donors (Lipinski definition) is 4. The van der Waals surface area contributed by atoms with Gasteiger partial charge in [-0.3, -0.25) is 0 Å². The first-order chi connectivity index (χ1) is 7.91. The molecule has 0 radical (unpaired) electrons. The van der Waals surface area contributed by atoms with E-state index < -0.39 is 24.2 Å². The van der Waals surface area contributed by atoms with Gasteiger partial charge in [-0.05, 0) is 12.3 Å². The molecule has 0 aliphatic carbocycles. The molecule has 0 aromatic heterocycles. The van der Waals surface area contributed by atoms with Gasteiger partial charge in [-0.25, -0.2) is 9.59 Å². The van der Waals surface area contributed by atoms with Crippen LogP contribution in [0.3, 0.4) is 0 Å². The lowest BCUT2D eigenvalue weighted by atomic mass is 9.97. The van der Waals surface area contributed by atoms with Gasteiger partial charge in [-0.1, -0.05) is 6.92 Å². The molecule has 7 nitrogen and oxygen atoms in total. The second-order valence-corrected chi connectivity index (χ2v) is 4.32. The maximum Gasteiger partial charge on any atom is 0.334 e. The fourth-order valence-corrected chi connectivity index (χ4v) is 1.70. The average molecular weight is 246 g/mol. The first kappa shape index (κ1) is 13.7. The number of nitrogens with zero attached hydrogens (tertiary/aromatic N) is 1. The molecular weight excluding hydrogens is 228 g/mol. The van der Waals surface area contributed by atoms with E-state index >= 15 is 0 Å². The normalized spacial score (nSPS) is 26.4. The van der Waals surface area contributed by atoms with Crippen LogP contribution < -0.4 is 5.32 Å². The quantitative estimate of drug-likeness (QED) is 0.502. The Hall–Kier alpha value is -1.34. The maximum absolute atomic E-state index is 11.6. The van der Waals surface area contributed by atoms with Crippen LogP contribution in [0.1, 0.15) is 13.3 Å². The smallest absolute Gasteiger partial charge is 0.334 e. The lowest BCUT2D eigenvalue weighted by Crippen LogP contribution is -2.50. The first-order valence-electron chi connectivity index (χ1n) is 5.53. The lowest BCUT2D eigenvalue weighted by Gasteiger charge is -2.34. The summed E-state index contributed by atoms with van der Waals surface area (Å²) in [6, 6.07) is -0.413. The number of carbonyl (C=O) groups excluding carboxylic acids is 1. The third-order valence-electron chi connectivity index (χ3n) is 2.88. The van der Waals surface area contributed by atoms with E-state index in [2.05, 4.69) is 5.32 Å². The number of carboxylic acid groups (broad SMARTS) is 1. The number of urea groups is 1. The topological polar surface area (TPSA) is 110 Å². The highest BCUT2D eigenvalue weighted by atomic mass is 16.4. The molecule has 98 valence electrons. The highest BCUT2D eigenvalue weighted by molar-refractivity contribution is 5.76. The predicted molar refractivity (Wildman–Crippen MR) is 58.4 cm³/mol. The summed E-state index contributed by atoms with van der Waals surface area (Å²) in [5.41, 5.74) is 0. The van der Waals surface area contributed by atoms with E-state index in [0.717, 1.165) is 0 Å². The standard InChI is InChI=1S/C10H18N2O5/c1-6-5-12(3-2-7(6)13)10(17)11-4-8(14)9(15)16/h6-8,13-14H,2-5H2,1H3,(H,11,17)(H,15,16). The Bertz CT molecular complexity index is 296. The summed E-state index contributed by atoms with van der Waals surface area (Å²) in [7, 11) is 0. The zero-order valence-electron chi connectivity index (χ0n) is 9.67. The summed E-state index contributed by atoms with van der Waals surface area (Å²) in [6.07, 6.45) is -1.48.